The number of phenols is 1. The molecule has 0 unspecified atom stereocenters. The van der Waals surface area contributed by atoms with Crippen molar-refractivity contribution in [1.29, 1.82) is 0 Å². The highest BCUT2D eigenvalue weighted by Crippen LogP contribution is 2.27. The van der Waals surface area contributed by atoms with E-state index in [-0.39, 0.29) is 35.6 Å². The predicted octanol–water partition coefficient (Wildman–Crippen LogP) is 2.28. The summed E-state index contributed by atoms with van der Waals surface area (Å²) in [4.78, 5) is 25.2. The van der Waals surface area contributed by atoms with Gasteiger partial charge in [-0.15, -0.1) is 0 Å². The van der Waals surface area contributed by atoms with E-state index in [0.29, 0.717) is 13.1 Å². The number of benzene rings is 1. The van der Waals surface area contributed by atoms with Gasteiger partial charge in [0.25, 0.3) is 0 Å². The molecule has 1 aliphatic heterocycles. The average molecular weight is 378 g/mol. The van der Waals surface area contributed by atoms with Gasteiger partial charge in [0, 0.05) is 25.2 Å². The van der Waals surface area contributed by atoms with E-state index in [4.69, 9.17) is 16.7 Å². The second-order valence-corrected chi connectivity index (χ2v) is 6.88. The summed E-state index contributed by atoms with van der Waals surface area (Å²) in [5.41, 5.74) is 1.57. The fraction of sp³-hybridized carbons (Fsp3) is 0.389. The summed E-state index contributed by atoms with van der Waals surface area (Å²) in [6, 6.07) is 6.60. The van der Waals surface area contributed by atoms with Gasteiger partial charge in [0.15, 0.2) is 0 Å². The molecule has 2 aromatic rings. The van der Waals surface area contributed by atoms with E-state index >= 15 is 0 Å². The first kappa shape index (κ1) is 18.3. The zero-order chi connectivity index (χ0) is 18.7. The number of amides is 1. The molecule has 26 heavy (non-hydrogen) atoms. The highest BCUT2D eigenvalue weighted by atomic mass is 35.5. The van der Waals surface area contributed by atoms with E-state index in [9.17, 15) is 14.7 Å². The Bertz CT molecular complexity index is 821. The molecular formula is C18H20ClN3O4. The van der Waals surface area contributed by atoms with Crippen LogP contribution >= 0.6 is 11.6 Å². The van der Waals surface area contributed by atoms with Crippen molar-refractivity contribution in [3.05, 3.63) is 46.7 Å². The highest BCUT2D eigenvalue weighted by molar-refractivity contribution is 6.32. The summed E-state index contributed by atoms with van der Waals surface area (Å²) in [5.74, 6) is -0.835. The number of carboxylic acid groups (broad SMARTS) is 1. The molecule has 2 heterocycles. The number of halogens is 1. The van der Waals surface area contributed by atoms with E-state index in [1.54, 1.807) is 18.3 Å². The van der Waals surface area contributed by atoms with Gasteiger partial charge in [0.2, 0.25) is 5.91 Å². The largest absolute Gasteiger partial charge is 0.506 e. The van der Waals surface area contributed by atoms with Crippen molar-refractivity contribution in [1.82, 2.24) is 14.7 Å². The molecule has 1 amide bonds. The third kappa shape index (κ3) is 4.35. The van der Waals surface area contributed by atoms with Crippen LogP contribution in [-0.4, -0.2) is 49.9 Å². The summed E-state index contributed by atoms with van der Waals surface area (Å²) in [6.07, 6.45) is 3.67. The SMILES string of the molecule is O=C(O)Cn1ccc([C@H]2CCCN(C(=O)Cc3ccc(O)c(Cl)c3)C2)n1. The van der Waals surface area contributed by atoms with Gasteiger partial charge in [-0.25, -0.2) is 0 Å². The van der Waals surface area contributed by atoms with Crippen LogP contribution in [0.1, 0.15) is 30.0 Å². The number of carbonyl (C=O) groups is 2. The van der Waals surface area contributed by atoms with Crippen LogP contribution in [0.3, 0.4) is 0 Å². The van der Waals surface area contributed by atoms with Crippen LogP contribution in [0.25, 0.3) is 0 Å². The van der Waals surface area contributed by atoms with E-state index < -0.39 is 5.97 Å². The van der Waals surface area contributed by atoms with Crippen molar-refractivity contribution in [2.75, 3.05) is 13.1 Å². The van der Waals surface area contributed by atoms with Gasteiger partial charge in [-0.2, -0.15) is 5.10 Å². The van der Waals surface area contributed by atoms with Crippen molar-refractivity contribution in [2.24, 2.45) is 0 Å². The van der Waals surface area contributed by atoms with E-state index in [1.165, 1.54) is 10.7 Å². The third-order valence-corrected chi connectivity index (χ3v) is 4.82. The number of piperidine rings is 1. The molecule has 8 heteroatoms. The maximum atomic E-state index is 12.6. The lowest BCUT2D eigenvalue weighted by Gasteiger charge is -2.32. The van der Waals surface area contributed by atoms with Gasteiger partial charge in [-0.1, -0.05) is 17.7 Å². The molecule has 1 atom stereocenters. The fourth-order valence-electron chi connectivity index (χ4n) is 3.21. The average Bonchev–Trinajstić information content (AvgIpc) is 3.06. The lowest BCUT2D eigenvalue weighted by molar-refractivity contribution is -0.138. The van der Waals surface area contributed by atoms with Gasteiger partial charge in [0.05, 0.1) is 17.1 Å². The van der Waals surface area contributed by atoms with E-state index in [0.717, 1.165) is 24.1 Å². The maximum Gasteiger partial charge on any atom is 0.325 e. The monoisotopic (exact) mass is 377 g/mol. The summed E-state index contributed by atoms with van der Waals surface area (Å²) in [7, 11) is 0. The number of hydrogen-bond acceptors (Lipinski definition) is 4. The molecule has 138 valence electrons. The van der Waals surface area contributed by atoms with Crippen molar-refractivity contribution in [3.63, 3.8) is 0 Å². The van der Waals surface area contributed by atoms with Gasteiger partial charge in [-0.3, -0.25) is 14.3 Å². The van der Waals surface area contributed by atoms with Crippen LogP contribution in [0.5, 0.6) is 5.75 Å². The Hall–Kier alpha value is -2.54. The maximum absolute atomic E-state index is 12.6. The molecule has 1 fully saturated rings. The quantitative estimate of drug-likeness (QED) is 0.833. The molecule has 1 aromatic carbocycles. The standard InChI is InChI=1S/C18H20ClN3O4/c19-14-8-12(3-4-16(14)23)9-17(24)21-6-1-2-13(10-21)15-5-7-22(20-15)11-18(25)26/h3-5,7-8,13,23H,1-2,6,9-11H2,(H,25,26)/t13-/m0/s1. The number of carbonyl (C=O) groups excluding carboxylic acids is 1. The Labute approximate surface area is 155 Å². The summed E-state index contributed by atoms with van der Waals surface area (Å²) < 4.78 is 1.40. The topological polar surface area (TPSA) is 95.7 Å². The van der Waals surface area contributed by atoms with Crippen molar-refractivity contribution in [2.45, 2.75) is 31.7 Å². The number of aromatic hydroxyl groups is 1. The minimum Gasteiger partial charge on any atom is -0.506 e. The van der Waals surface area contributed by atoms with Crippen LogP contribution in [0, 0.1) is 0 Å². The molecule has 0 aliphatic carbocycles. The zero-order valence-corrected chi connectivity index (χ0v) is 14.9. The first-order valence-electron chi connectivity index (χ1n) is 8.42. The van der Waals surface area contributed by atoms with Crippen LogP contribution in [0.15, 0.2) is 30.5 Å². The van der Waals surface area contributed by atoms with Crippen molar-refractivity contribution in [3.8, 4) is 5.75 Å². The summed E-state index contributed by atoms with van der Waals surface area (Å²) in [6.45, 7) is 1.09. The number of hydrogen-bond donors (Lipinski definition) is 2. The van der Waals surface area contributed by atoms with Gasteiger partial charge < -0.3 is 15.1 Å². The number of aromatic nitrogens is 2. The second kappa shape index (κ2) is 7.78. The van der Waals surface area contributed by atoms with Gasteiger partial charge in [-0.05, 0) is 36.6 Å². The van der Waals surface area contributed by atoms with Crippen LogP contribution < -0.4 is 0 Å². The number of nitrogens with zero attached hydrogens (tertiary/aromatic N) is 3. The van der Waals surface area contributed by atoms with Crippen molar-refractivity contribution < 1.29 is 19.8 Å². The lowest BCUT2D eigenvalue weighted by Crippen LogP contribution is -2.40. The smallest absolute Gasteiger partial charge is 0.325 e. The molecule has 2 N–H and O–H groups in total. The first-order valence-corrected chi connectivity index (χ1v) is 8.80. The number of aliphatic carboxylic acids is 1. The Morgan fingerprint density at radius 3 is 2.85 bits per heavy atom. The summed E-state index contributed by atoms with van der Waals surface area (Å²) >= 11 is 5.90. The number of likely N-dealkylation sites (tertiary alicyclic amines) is 1. The molecule has 7 nitrogen and oxygen atoms in total. The molecule has 0 bridgehead atoms. The van der Waals surface area contributed by atoms with Crippen LogP contribution in [0.4, 0.5) is 0 Å². The Kier molecular flexibility index (Phi) is 5.46. The van der Waals surface area contributed by atoms with E-state index in [2.05, 4.69) is 5.10 Å². The molecule has 3 rings (SSSR count). The molecule has 0 saturated carbocycles. The van der Waals surface area contributed by atoms with Crippen LogP contribution in [-0.2, 0) is 22.6 Å². The molecule has 1 aromatic heterocycles. The van der Waals surface area contributed by atoms with Crippen molar-refractivity contribution >= 4 is 23.5 Å². The molecule has 1 saturated heterocycles. The van der Waals surface area contributed by atoms with Crippen LogP contribution in [0.2, 0.25) is 5.02 Å². The number of phenolic OH excluding ortho intramolecular Hbond substituents is 1. The predicted molar refractivity (Wildman–Crippen MR) is 95.2 cm³/mol. The normalized spacial score (nSPS) is 17.3. The third-order valence-electron chi connectivity index (χ3n) is 4.52. The zero-order valence-electron chi connectivity index (χ0n) is 14.1. The Balaban J connectivity index is 1.63. The van der Waals surface area contributed by atoms with E-state index in [1.807, 2.05) is 11.0 Å². The number of rotatable bonds is 5. The minimum absolute atomic E-state index is 0.00132. The lowest BCUT2D eigenvalue weighted by atomic mass is 9.94. The molecule has 0 spiro atoms. The van der Waals surface area contributed by atoms with Gasteiger partial charge >= 0.3 is 5.97 Å². The summed E-state index contributed by atoms with van der Waals surface area (Å²) in [5, 5.41) is 22.9. The minimum atomic E-state index is -0.937. The molecule has 0 radical (unpaired) electrons. The van der Waals surface area contributed by atoms with Gasteiger partial charge in [0.1, 0.15) is 12.3 Å². The molecule has 1 aliphatic rings. The number of carboxylic acids is 1. The Morgan fingerprint density at radius 2 is 2.12 bits per heavy atom. The molecular weight excluding hydrogens is 358 g/mol. The Morgan fingerprint density at radius 1 is 1.31 bits per heavy atom. The first-order chi connectivity index (χ1) is 12.4. The second-order valence-electron chi connectivity index (χ2n) is 6.47. The fourth-order valence-corrected chi connectivity index (χ4v) is 3.42. The highest BCUT2D eigenvalue weighted by Gasteiger charge is 2.26.